The highest BCUT2D eigenvalue weighted by molar-refractivity contribution is 6.34. The van der Waals surface area contributed by atoms with Gasteiger partial charge in [-0.25, -0.2) is 14.5 Å². The predicted octanol–water partition coefficient (Wildman–Crippen LogP) is 4.07. The van der Waals surface area contributed by atoms with Gasteiger partial charge in [-0.05, 0) is 33.0 Å². The zero-order chi connectivity index (χ0) is 24.8. The lowest BCUT2D eigenvalue weighted by molar-refractivity contribution is 0.311. The summed E-state index contributed by atoms with van der Waals surface area (Å²) in [5.74, 6) is 1.72. The Morgan fingerprint density at radius 3 is 2.72 bits per heavy atom. The average molecular weight is 505 g/mol. The highest BCUT2D eigenvalue weighted by Gasteiger charge is 2.20. The number of para-hydroxylation sites is 1. The van der Waals surface area contributed by atoms with E-state index in [1.807, 2.05) is 46.0 Å². The molecule has 10 nitrogen and oxygen atoms in total. The number of H-pyrrole nitrogens is 1. The Balaban J connectivity index is 1.38. The van der Waals surface area contributed by atoms with Gasteiger partial charge in [-0.3, -0.25) is 4.68 Å². The average Bonchev–Trinajstić information content (AvgIpc) is 3.61. The van der Waals surface area contributed by atoms with E-state index in [4.69, 9.17) is 21.7 Å². The first-order chi connectivity index (χ1) is 17.5. The zero-order valence-corrected chi connectivity index (χ0v) is 21.4. The van der Waals surface area contributed by atoms with E-state index in [9.17, 15) is 0 Å². The van der Waals surface area contributed by atoms with Gasteiger partial charge in [-0.2, -0.15) is 5.10 Å². The molecule has 0 radical (unpaired) electrons. The molecular weight excluding hydrogens is 476 g/mol. The van der Waals surface area contributed by atoms with Crippen molar-refractivity contribution in [3.63, 3.8) is 0 Å². The van der Waals surface area contributed by atoms with Crippen molar-refractivity contribution < 1.29 is 0 Å². The Morgan fingerprint density at radius 1 is 1.14 bits per heavy atom. The minimum Gasteiger partial charge on any atom is -0.375 e. The summed E-state index contributed by atoms with van der Waals surface area (Å²) < 4.78 is 3.87. The molecule has 0 amide bonds. The third-order valence-corrected chi connectivity index (χ3v) is 6.99. The van der Waals surface area contributed by atoms with E-state index >= 15 is 0 Å². The number of benzene rings is 1. The number of hydrogen-bond donors (Lipinski definition) is 2. The van der Waals surface area contributed by atoms with Crippen LogP contribution in [0, 0.1) is 0 Å². The van der Waals surface area contributed by atoms with Gasteiger partial charge in [-0.1, -0.05) is 17.7 Å². The van der Waals surface area contributed by atoms with Crippen LogP contribution in [0.2, 0.25) is 5.02 Å². The fourth-order valence-corrected chi connectivity index (χ4v) is 4.75. The minimum absolute atomic E-state index is 0.279. The topological polar surface area (TPSA) is 95.2 Å². The number of imidazole rings is 2. The van der Waals surface area contributed by atoms with E-state index in [1.165, 1.54) is 0 Å². The quantitative estimate of drug-likeness (QED) is 0.360. The van der Waals surface area contributed by atoms with Gasteiger partial charge in [0.2, 0.25) is 0 Å². The van der Waals surface area contributed by atoms with Gasteiger partial charge in [0, 0.05) is 50.0 Å². The molecule has 4 aromatic heterocycles. The van der Waals surface area contributed by atoms with Crippen molar-refractivity contribution in [2.75, 3.05) is 43.4 Å². The summed E-state index contributed by atoms with van der Waals surface area (Å²) in [6.45, 7) is 8.57. The second-order valence-corrected chi connectivity index (χ2v) is 9.97. The van der Waals surface area contributed by atoms with Crippen molar-refractivity contribution in [2.45, 2.75) is 26.4 Å². The summed E-state index contributed by atoms with van der Waals surface area (Å²) in [4.78, 5) is 17.4. The maximum absolute atomic E-state index is 6.34. The van der Waals surface area contributed by atoms with Gasteiger partial charge < -0.3 is 20.1 Å². The van der Waals surface area contributed by atoms with Crippen LogP contribution in [-0.2, 0) is 6.54 Å². The standard InChI is InChI=1S/C25H29ClN10/c1-16(2)35-15-17(12-29-35)21-13-28-25-20(11-23(32-36(21)25)34-9-7-33(3)8-10-34)27-14-22-30-19-6-4-5-18(26)24(19)31-22/h4-6,11-13,15-16,27H,7-10,14H2,1-3H3,(H,30,31). The highest BCUT2D eigenvalue weighted by atomic mass is 35.5. The van der Waals surface area contributed by atoms with Crippen molar-refractivity contribution in [1.82, 2.24) is 39.2 Å². The Hall–Kier alpha value is -3.63. The molecule has 5 heterocycles. The first-order valence-electron chi connectivity index (χ1n) is 12.2. The Bertz CT molecular complexity index is 1520. The van der Waals surface area contributed by atoms with Crippen LogP contribution in [-0.4, -0.2) is 72.5 Å². The third kappa shape index (κ3) is 4.16. The summed E-state index contributed by atoms with van der Waals surface area (Å²) in [7, 11) is 2.15. The summed E-state index contributed by atoms with van der Waals surface area (Å²) in [5.41, 5.74) is 5.24. The molecule has 0 atom stereocenters. The van der Waals surface area contributed by atoms with Crippen LogP contribution in [0.1, 0.15) is 25.7 Å². The van der Waals surface area contributed by atoms with Crippen LogP contribution >= 0.6 is 11.6 Å². The van der Waals surface area contributed by atoms with E-state index < -0.39 is 0 Å². The molecule has 186 valence electrons. The normalized spacial score (nSPS) is 15.0. The van der Waals surface area contributed by atoms with Crippen LogP contribution in [0.3, 0.4) is 0 Å². The SMILES string of the molecule is CC(C)n1cc(-c2cnc3c(NCc4nc5cccc(Cl)c5[nH]4)cc(N4CCN(C)CC4)nn23)cn1. The largest absolute Gasteiger partial charge is 0.375 e. The van der Waals surface area contributed by atoms with E-state index in [1.54, 1.807) is 0 Å². The number of likely N-dealkylation sites (N-methyl/N-ethyl adjacent to an activating group) is 1. The lowest BCUT2D eigenvalue weighted by Gasteiger charge is -2.33. The zero-order valence-electron chi connectivity index (χ0n) is 20.6. The number of halogens is 1. The Morgan fingerprint density at radius 2 is 1.97 bits per heavy atom. The lowest BCUT2D eigenvalue weighted by Crippen LogP contribution is -2.45. The van der Waals surface area contributed by atoms with Gasteiger partial charge in [0.05, 0.1) is 46.4 Å². The number of nitrogens with one attached hydrogen (secondary N) is 2. The number of fused-ring (bicyclic) bond motifs is 2. The molecule has 0 saturated carbocycles. The molecule has 1 aliphatic heterocycles. The molecule has 1 saturated heterocycles. The third-order valence-electron chi connectivity index (χ3n) is 6.67. The molecule has 1 aromatic carbocycles. The summed E-state index contributed by atoms with van der Waals surface area (Å²) in [6.07, 6.45) is 5.78. The van der Waals surface area contributed by atoms with Gasteiger partial charge in [-0.15, -0.1) is 5.10 Å². The maximum Gasteiger partial charge on any atom is 0.177 e. The number of aromatic amines is 1. The predicted molar refractivity (Wildman–Crippen MR) is 143 cm³/mol. The molecule has 6 rings (SSSR count). The van der Waals surface area contributed by atoms with Crippen molar-refractivity contribution in [3.8, 4) is 11.3 Å². The number of nitrogens with zero attached hydrogens (tertiary/aromatic N) is 8. The van der Waals surface area contributed by atoms with E-state index in [-0.39, 0.29) is 6.04 Å². The van der Waals surface area contributed by atoms with Crippen LogP contribution < -0.4 is 10.2 Å². The van der Waals surface area contributed by atoms with Crippen molar-refractivity contribution >= 4 is 39.8 Å². The molecule has 0 unspecified atom stereocenters. The van der Waals surface area contributed by atoms with Gasteiger partial charge in [0.25, 0.3) is 0 Å². The summed E-state index contributed by atoms with van der Waals surface area (Å²) >= 11 is 6.34. The number of aromatic nitrogens is 7. The van der Waals surface area contributed by atoms with Gasteiger partial charge >= 0.3 is 0 Å². The van der Waals surface area contributed by atoms with Gasteiger partial charge in [0.15, 0.2) is 11.5 Å². The van der Waals surface area contributed by atoms with Crippen LogP contribution in [0.25, 0.3) is 27.9 Å². The molecule has 2 N–H and O–H groups in total. The first-order valence-corrected chi connectivity index (χ1v) is 12.6. The smallest absolute Gasteiger partial charge is 0.177 e. The van der Waals surface area contributed by atoms with Crippen LogP contribution in [0.15, 0.2) is 42.9 Å². The Kier molecular flexibility index (Phi) is 5.77. The van der Waals surface area contributed by atoms with Crippen molar-refractivity contribution in [3.05, 3.63) is 53.7 Å². The second-order valence-electron chi connectivity index (χ2n) is 9.56. The molecule has 11 heteroatoms. The van der Waals surface area contributed by atoms with Crippen LogP contribution in [0.5, 0.6) is 0 Å². The number of rotatable bonds is 6. The monoisotopic (exact) mass is 504 g/mol. The van der Waals surface area contributed by atoms with E-state index in [2.05, 4.69) is 57.1 Å². The molecule has 0 spiro atoms. The molecule has 1 fully saturated rings. The molecule has 36 heavy (non-hydrogen) atoms. The van der Waals surface area contributed by atoms with Gasteiger partial charge in [0.1, 0.15) is 5.82 Å². The number of anilines is 2. The molecule has 0 bridgehead atoms. The maximum atomic E-state index is 6.34. The van der Waals surface area contributed by atoms with E-state index in [0.29, 0.717) is 11.6 Å². The summed E-state index contributed by atoms with van der Waals surface area (Å²) in [5, 5.41) is 13.7. The minimum atomic E-state index is 0.279. The molecular formula is C25H29ClN10. The van der Waals surface area contributed by atoms with Crippen LogP contribution in [0.4, 0.5) is 11.5 Å². The second kappa shape index (κ2) is 9.11. The van der Waals surface area contributed by atoms with E-state index in [0.717, 1.165) is 71.4 Å². The molecule has 1 aliphatic rings. The molecule has 5 aromatic rings. The number of piperazine rings is 1. The van der Waals surface area contributed by atoms with Crippen molar-refractivity contribution in [2.24, 2.45) is 0 Å². The highest BCUT2D eigenvalue weighted by Crippen LogP contribution is 2.28. The Labute approximate surface area is 213 Å². The fourth-order valence-electron chi connectivity index (χ4n) is 4.54. The summed E-state index contributed by atoms with van der Waals surface area (Å²) in [6, 6.07) is 8.09. The lowest BCUT2D eigenvalue weighted by atomic mass is 10.3. The fraction of sp³-hybridized carbons (Fsp3) is 0.360. The first kappa shape index (κ1) is 22.8. The van der Waals surface area contributed by atoms with Crippen molar-refractivity contribution in [1.29, 1.82) is 0 Å². The molecule has 0 aliphatic carbocycles. The number of hydrogen-bond acceptors (Lipinski definition) is 7.